The minimum Gasteiger partial charge on any atom is -0.466 e. The Morgan fingerprint density at radius 2 is 0.562 bits per heavy atom. The molecule has 0 heterocycles. The van der Waals surface area contributed by atoms with Gasteiger partial charge >= 0.3 is 5.97 Å². The summed E-state index contributed by atoms with van der Waals surface area (Å²) in [7, 11) is 0. The van der Waals surface area contributed by atoms with Crippen LogP contribution in [0.15, 0.2) is 0 Å². The quantitative estimate of drug-likeness (QED) is 0.0417. The normalized spacial score (nSPS) is 12.4. The highest BCUT2D eigenvalue weighted by Crippen LogP contribution is 2.19. The van der Waals surface area contributed by atoms with Crippen molar-refractivity contribution in [1.29, 1.82) is 0 Å². The maximum atomic E-state index is 12.5. The summed E-state index contributed by atoms with van der Waals surface area (Å²) >= 11 is 0. The van der Waals surface area contributed by atoms with Gasteiger partial charge in [0.2, 0.25) is 5.91 Å². The average Bonchev–Trinajstić information content (AvgIpc) is 3.39. The van der Waals surface area contributed by atoms with Crippen LogP contribution in [0.2, 0.25) is 0 Å². The molecule has 6 nitrogen and oxygen atoms in total. The van der Waals surface area contributed by atoms with Crippen molar-refractivity contribution in [3.63, 3.8) is 0 Å². The molecule has 73 heavy (non-hydrogen) atoms. The Balaban J connectivity index is 3.38. The molecule has 0 aliphatic rings. The Kier molecular flexibility index (Phi) is 62.4. The Hall–Kier alpha value is -1.14. The molecule has 0 aromatic carbocycles. The third-order valence-corrected chi connectivity index (χ3v) is 16.2. The highest BCUT2D eigenvalue weighted by atomic mass is 16.5. The summed E-state index contributed by atoms with van der Waals surface area (Å²) < 4.78 is 5.49. The van der Waals surface area contributed by atoms with Crippen LogP contribution in [0.1, 0.15) is 393 Å². The molecular formula is C67H133NO5. The van der Waals surface area contributed by atoms with E-state index in [2.05, 4.69) is 19.2 Å². The van der Waals surface area contributed by atoms with Crippen LogP contribution in [0.25, 0.3) is 0 Å². The lowest BCUT2D eigenvalue weighted by molar-refractivity contribution is -0.143. The number of carbonyl (C=O) groups excluding carboxylic acids is 2. The minimum absolute atomic E-state index is 0.0136. The summed E-state index contributed by atoms with van der Waals surface area (Å²) in [6, 6.07) is -0.543. The van der Waals surface area contributed by atoms with Crippen LogP contribution >= 0.6 is 0 Å². The molecule has 0 aromatic rings. The number of carbonyl (C=O) groups is 2. The van der Waals surface area contributed by atoms with E-state index in [0.717, 1.165) is 38.5 Å². The molecule has 2 atom stereocenters. The molecule has 1 amide bonds. The van der Waals surface area contributed by atoms with E-state index in [9.17, 15) is 19.8 Å². The third kappa shape index (κ3) is 60.0. The van der Waals surface area contributed by atoms with Crippen molar-refractivity contribution >= 4 is 11.9 Å². The SMILES string of the molecule is CCCCCCCCCCCCCCCCCCCCCCCCC(O)C(CO)NC(=O)CCCCCCCCCCCCCCCCCCCCCOC(=O)CCCCCCCCCCCCCCCCC. The van der Waals surface area contributed by atoms with Gasteiger partial charge in [0.1, 0.15) is 0 Å². The van der Waals surface area contributed by atoms with E-state index < -0.39 is 12.1 Å². The van der Waals surface area contributed by atoms with E-state index in [0.29, 0.717) is 25.9 Å². The summed E-state index contributed by atoms with van der Waals surface area (Å²) in [6.45, 7) is 5.00. The number of aliphatic hydroxyl groups is 2. The molecule has 436 valence electrons. The molecule has 0 saturated carbocycles. The highest BCUT2D eigenvalue weighted by molar-refractivity contribution is 5.76. The van der Waals surface area contributed by atoms with Crippen molar-refractivity contribution in [2.75, 3.05) is 13.2 Å². The minimum atomic E-state index is -0.666. The topological polar surface area (TPSA) is 95.9 Å². The molecule has 0 aliphatic heterocycles. The number of amides is 1. The summed E-state index contributed by atoms with van der Waals surface area (Å²) in [5.74, 6) is -0.0188. The van der Waals surface area contributed by atoms with Gasteiger partial charge in [0.25, 0.3) is 0 Å². The maximum absolute atomic E-state index is 12.5. The van der Waals surface area contributed by atoms with E-state index in [1.807, 2.05) is 0 Å². The van der Waals surface area contributed by atoms with Gasteiger partial charge in [0.15, 0.2) is 0 Å². The predicted octanol–water partition coefficient (Wildman–Crippen LogP) is 21.4. The van der Waals surface area contributed by atoms with Crippen LogP contribution < -0.4 is 5.32 Å². The number of nitrogens with one attached hydrogen (secondary N) is 1. The largest absolute Gasteiger partial charge is 0.466 e. The van der Waals surface area contributed by atoms with Crippen molar-refractivity contribution in [3.05, 3.63) is 0 Å². The van der Waals surface area contributed by atoms with Crippen molar-refractivity contribution in [2.24, 2.45) is 0 Å². The van der Waals surface area contributed by atoms with Crippen LogP contribution in [0.3, 0.4) is 0 Å². The second kappa shape index (κ2) is 63.4. The maximum Gasteiger partial charge on any atom is 0.305 e. The first-order valence-corrected chi connectivity index (χ1v) is 33.8. The van der Waals surface area contributed by atoms with Crippen molar-refractivity contribution in [1.82, 2.24) is 5.32 Å². The fraction of sp³-hybridized carbons (Fsp3) is 0.970. The molecule has 0 aromatic heterocycles. The summed E-state index contributed by atoms with van der Waals surface area (Å²) in [5, 5.41) is 23.4. The van der Waals surface area contributed by atoms with Gasteiger partial charge < -0.3 is 20.3 Å². The van der Waals surface area contributed by atoms with Gasteiger partial charge in [-0.15, -0.1) is 0 Å². The molecule has 0 rings (SSSR count). The highest BCUT2D eigenvalue weighted by Gasteiger charge is 2.20. The molecular weight excluding hydrogens is 899 g/mol. The van der Waals surface area contributed by atoms with Gasteiger partial charge in [-0.3, -0.25) is 9.59 Å². The Morgan fingerprint density at radius 1 is 0.329 bits per heavy atom. The third-order valence-electron chi connectivity index (χ3n) is 16.2. The Morgan fingerprint density at radius 3 is 0.836 bits per heavy atom. The van der Waals surface area contributed by atoms with Gasteiger partial charge in [0, 0.05) is 12.8 Å². The van der Waals surface area contributed by atoms with Crippen LogP contribution in [0.5, 0.6) is 0 Å². The number of hydrogen-bond acceptors (Lipinski definition) is 5. The van der Waals surface area contributed by atoms with Gasteiger partial charge in [-0.2, -0.15) is 0 Å². The molecule has 0 saturated heterocycles. The van der Waals surface area contributed by atoms with Crippen LogP contribution in [0.4, 0.5) is 0 Å². The van der Waals surface area contributed by atoms with E-state index in [-0.39, 0.29) is 18.5 Å². The second-order valence-corrected chi connectivity index (χ2v) is 23.5. The number of rotatable bonds is 64. The van der Waals surface area contributed by atoms with Crippen LogP contribution in [-0.2, 0) is 14.3 Å². The zero-order valence-corrected chi connectivity index (χ0v) is 49.9. The lowest BCUT2D eigenvalue weighted by atomic mass is 10.0. The van der Waals surface area contributed by atoms with Crippen molar-refractivity contribution in [2.45, 2.75) is 405 Å². The fourth-order valence-corrected chi connectivity index (χ4v) is 11.0. The lowest BCUT2D eigenvalue weighted by Crippen LogP contribution is -2.45. The standard InChI is InChI=1S/C67H133NO5/c1-3-5-7-9-11-13-15-17-19-20-21-22-23-25-28-32-35-39-43-47-51-55-59-65(70)64(63-69)68-66(71)60-56-52-48-44-40-36-33-29-26-24-27-30-34-38-42-46-50-54-58-62-73-67(72)61-57-53-49-45-41-37-31-18-16-14-12-10-8-6-4-2/h64-65,69-70H,3-63H2,1-2H3,(H,68,71). The molecule has 3 N–H and O–H groups in total. The first kappa shape index (κ1) is 71.9. The smallest absolute Gasteiger partial charge is 0.305 e. The van der Waals surface area contributed by atoms with Crippen molar-refractivity contribution in [3.8, 4) is 0 Å². The average molecular weight is 1030 g/mol. The Labute approximate surface area is 457 Å². The predicted molar refractivity (Wildman–Crippen MR) is 320 cm³/mol. The molecule has 0 radical (unpaired) electrons. The summed E-state index contributed by atoms with van der Waals surface area (Å²) in [4.78, 5) is 24.6. The Bertz CT molecular complexity index is 1050. The van der Waals surface area contributed by atoms with Gasteiger partial charge in [-0.05, 0) is 25.7 Å². The monoisotopic (exact) mass is 1030 g/mol. The van der Waals surface area contributed by atoms with Crippen molar-refractivity contribution < 1.29 is 24.5 Å². The molecule has 6 heteroatoms. The summed E-state index contributed by atoms with van der Waals surface area (Å²) in [5.41, 5.74) is 0. The summed E-state index contributed by atoms with van der Waals surface area (Å²) in [6.07, 6.45) is 75.5. The van der Waals surface area contributed by atoms with Crippen LogP contribution in [-0.4, -0.2) is 47.4 Å². The second-order valence-electron chi connectivity index (χ2n) is 23.5. The first-order valence-electron chi connectivity index (χ1n) is 33.8. The number of esters is 1. The van der Waals surface area contributed by atoms with Gasteiger partial charge in [-0.1, -0.05) is 354 Å². The van der Waals surface area contributed by atoms with E-state index in [4.69, 9.17) is 4.74 Å². The van der Waals surface area contributed by atoms with E-state index in [1.54, 1.807) is 0 Å². The molecule has 0 bridgehead atoms. The zero-order chi connectivity index (χ0) is 52.9. The molecule has 0 fully saturated rings. The molecule has 0 spiro atoms. The zero-order valence-electron chi connectivity index (χ0n) is 49.9. The van der Waals surface area contributed by atoms with Gasteiger partial charge in [0.05, 0.1) is 25.4 Å². The van der Waals surface area contributed by atoms with E-state index >= 15 is 0 Å². The van der Waals surface area contributed by atoms with Crippen LogP contribution in [0, 0.1) is 0 Å². The number of hydrogen-bond donors (Lipinski definition) is 3. The number of aliphatic hydroxyl groups excluding tert-OH is 2. The fourth-order valence-electron chi connectivity index (χ4n) is 11.0. The van der Waals surface area contributed by atoms with Gasteiger partial charge in [-0.25, -0.2) is 0 Å². The molecule has 2 unspecified atom stereocenters. The lowest BCUT2D eigenvalue weighted by Gasteiger charge is -2.22. The number of unbranched alkanes of at least 4 members (excludes halogenated alkanes) is 53. The van der Waals surface area contributed by atoms with E-state index in [1.165, 1.54) is 321 Å². The first-order chi connectivity index (χ1) is 36.0. The molecule has 0 aliphatic carbocycles. The number of ether oxygens (including phenoxy) is 1.